The second-order valence-electron chi connectivity index (χ2n) is 6.40. The second-order valence-corrected chi connectivity index (χ2v) is 7.55. The van der Waals surface area contributed by atoms with E-state index in [-0.39, 0.29) is 18.3 Å². The number of rotatable bonds is 4. The maximum Gasteiger partial charge on any atom is 0.221 e. The van der Waals surface area contributed by atoms with Gasteiger partial charge >= 0.3 is 0 Å². The standard InChI is InChI=1S/C15H26N2OS.ClH/c18-15(8-12-10-19-7-6-16-12)17-14-9-13(14)11-4-2-1-3-5-11;/h11-14,16H,1-10H2,(H,17,18);1H. The van der Waals surface area contributed by atoms with Crippen molar-refractivity contribution in [2.24, 2.45) is 11.8 Å². The fourth-order valence-electron chi connectivity index (χ4n) is 3.70. The van der Waals surface area contributed by atoms with Crippen molar-refractivity contribution >= 4 is 30.1 Å². The van der Waals surface area contributed by atoms with Gasteiger partial charge in [0.05, 0.1) is 0 Å². The van der Waals surface area contributed by atoms with Crippen molar-refractivity contribution in [2.75, 3.05) is 18.1 Å². The van der Waals surface area contributed by atoms with E-state index in [0.29, 0.717) is 18.5 Å². The van der Waals surface area contributed by atoms with Crippen molar-refractivity contribution in [3.8, 4) is 0 Å². The van der Waals surface area contributed by atoms with Crippen LogP contribution in [0.1, 0.15) is 44.9 Å². The van der Waals surface area contributed by atoms with Crippen LogP contribution in [-0.2, 0) is 4.79 Å². The molecule has 0 spiro atoms. The van der Waals surface area contributed by atoms with Gasteiger partial charge in [0, 0.05) is 36.6 Å². The Bertz CT molecular complexity index is 317. The Labute approximate surface area is 132 Å². The first-order valence-electron chi connectivity index (χ1n) is 7.93. The molecule has 2 saturated carbocycles. The van der Waals surface area contributed by atoms with E-state index in [1.165, 1.54) is 44.3 Å². The Morgan fingerprint density at radius 2 is 2.05 bits per heavy atom. The molecular weight excluding hydrogens is 292 g/mol. The third-order valence-electron chi connectivity index (χ3n) is 4.87. The van der Waals surface area contributed by atoms with Crippen molar-refractivity contribution in [1.82, 2.24) is 10.6 Å². The summed E-state index contributed by atoms with van der Waals surface area (Å²) in [6.07, 6.45) is 8.95. The van der Waals surface area contributed by atoms with Gasteiger partial charge in [0.15, 0.2) is 0 Å². The zero-order chi connectivity index (χ0) is 13.1. The Morgan fingerprint density at radius 3 is 2.75 bits per heavy atom. The summed E-state index contributed by atoms with van der Waals surface area (Å²) in [5, 5.41) is 6.70. The predicted octanol–water partition coefficient (Wildman–Crippen LogP) is 2.59. The van der Waals surface area contributed by atoms with Gasteiger partial charge in [-0.1, -0.05) is 32.1 Å². The fourth-order valence-corrected chi connectivity index (χ4v) is 4.65. The zero-order valence-electron chi connectivity index (χ0n) is 12.1. The second kappa shape index (κ2) is 7.90. The van der Waals surface area contributed by atoms with Crippen LogP contribution in [0.2, 0.25) is 0 Å². The lowest BCUT2D eigenvalue weighted by Crippen LogP contribution is -2.42. The number of hydrogen-bond donors (Lipinski definition) is 2. The van der Waals surface area contributed by atoms with Crippen molar-refractivity contribution in [3.63, 3.8) is 0 Å². The van der Waals surface area contributed by atoms with Crippen LogP contribution in [0, 0.1) is 11.8 Å². The summed E-state index contributed by atoms with van der Waals surface area (Å²) in [6, 6.07) is 0.900. The molecule has 116 valence electrons. The van der Waals surface area contributed by atoms with Crippen molar-refractivity contribution < 1.29 is 4.79 Å². The van der Waals surface area contributed by atoms with E-state index in [9.17, 15) is 4.79 Å². The van der Waals surface area contributed by atoms with E-state index >= 15 is 0 Å². The molecule has 1 aliphatic heterocycles. The number of halogens is 1. The summed E-state index contributed by atoms with van der Waals surface area (Å²) in [5.41, 5.74) is 0. The summed E-state index contributed by atoms with van der Waals surface area (Å²) < 4.78 is 0. The van der Waals surface area contributed by atoms with Gasteiger partial charge in [-0.2, -0.15) is 11.8 Å². The smallest absolute Gasteiger partial charge is 0.221 e. The van der Waals surface area contributed by atoms with Crippen LogP contribution in [0.5, 0.6) is 0 Å². The maximum absolute atomic E-state index is 12.0. The third kappa shape index (κ3) is 4.54. The predicted molar refractivity (Wildman–Crippen MR) is 87.6 cm³/mol. The van der Waals surface area contributed by atoms with Gasteiger partial charge in [0.25, 0.3) is 0 Å². The van der Waals surface area contributed by atoms with E-state index in [1.807, 2.05) is 11.8 Å². The Balaban J connectivity index is 0.00000147. The van der Waals surface area contributed by atoms with Crippen molar-refractivity contribution in [1.29, 1.82) is 0 Å². The molecule has 1 saturated heterocycles. The summed E-state index contributed by atoms with van der Waals surface area (Å²) in [6.45, 7) is 1.05. The number of amides is 1. The molecule has 2 N–H and O–H groups in total. The van der Waals surface area contributed by atoms with Gasteiger partial charge in [-0.05, 0) is 18.3 Å². The highest BCUT2D eigenvalue weighted by Crippen LogP contribution is 2.44. The lowest BCUT2D eigenvalue weighted by molar-refractivity contribution is -0.121. The minimum Gasteiger partial charge on any atom is -0.353 e. The minimum atomic E-state index is 0. The van der Waals surface area contributed by atoms with Crippen LogP contribution in [0.25, 0.3) is 0 Å². The lowest BCUT2D eigenvalue weighted by Gasteiger charge is -2.23. The average molecular weight is 319 g/mol. The summed E-state index contributed by atoms with van der Waals surface area (Å²) in [5.74, 6) is 4.25. The molecule has 3 rings (SSSR count). The highest BCUT2D eigenvalue weighted by molar-refractivity contribution is 7.99. The summed E-state index contributed by atoms with van der Waals surface area (Å²) >= 11 is 1.96. The Morgan fingerprint density at radius 1 is 1.25 bits per heavy atom. The first-order chi connectivity index (χ1) is 9.33. The maximum atomic E-state index is 12.0. The van der Waals surface area contributed by atoms with Gasteiger partial charge in [0.2, 0.25) is 5.91 Å². The summed E-state index contributed by atoms with van der Waals surface area (Å²) in [4.78, 5) is 12.0. The molecular formula is C15H27ClN2OS. The number of carbonyl (C=O) groups excluding carboxylic acids is 1. The molecule has 2 aliphatic carbocycles. The van der Waals surface area contributed by atoms with Crippen LogP contribution < -0.4 is 10.6 Å². The molecule has 1 amide bonds. The van der Waals surface area contributed by atoms with Crippen LogP contribution in [0.15, 0.2) is 0 Å². The van der Waals surface area contributed by atoms with Crippen LogP contribution in [-0.4, -0.2) is 36.0 Å². The van der Waals surface area contributed by atoms with E-state index in [4.69, 9.17) is 0 Å². The molecule has 0 aromatic carbocycles. The highest BCUT2D eigenvalue weighted by Gasteiger charge is 2.43. The van der Waals surface area contributed by atoms with Gasteiger partial charge in [-0.15, -0.1) is 12.4 Å². The molecule has 3 unspecified atom stereocenters. The highest BCUT2D eigenvalue weighted by atomic mass is 35.5. The van der Waals surface area contributed by atoms with E-state index in [0.717, 1.165) is 24.1 Å². The lowest BCUT2D eigenvalue weighted by atomic mass is 9.85. The molecule has 3 aliphatic rings. The zero-order valence-corrected chi connectivity index (χ0v) is 13.7. The van der Waals surface area contributed by atoms with Crippen LogP contribution in [0.4, 0.5) is 0 Å². The Hall–Kier alpha value is 0.0700. The number of nitrogens with one attached hydrogen (secondary N) is 2. The average Bonchev–Trinajstić information content (AvgIpc) is 3.20. The van der Waals surface area contributed by atoms with E-state index < -0.39 is 0 Å². The molecule has 3 fully saturated rings. The molecule has 3 nitrogen and oxygen atoms in total. The number of thioether (sulfide) groups is 1. The quantitative estimate of drug-likeness (QED) is 0.837. The number of hydrogen-bond acceptors (Lipinski definition) is 3. The minimum absolute atomic E-state index is 0. The molecule has 20 heavy (non-hydrogen) atoms. The van der Waals surface area contributed by atoms with Crippen molar-refractivity contribution in [3.05, 3.63) is 0 Å². The molecule has 3 atom stereocenters. The van der Waals surface area contributed by atoms with Gasteiger partial charge in [-0.3, -0.25) is 4.79 Å². The van der Waals surface area contributed by atoms with Gasteiger partial charge in [0.1, 0.15) is 0 Å². The topological polar surface area (TPSA) is 41.1 Å². The first-order valence-corrected chi connectivity index (χ1v) is 9.09. The van der Waals surface area contributed by atoms with Crippen LogP contribution >= 0.6 is 24.2 Å². The molecule has 0 aromatic heterocycles. The van der Waals surface area contributed by atoms with Crippen LogP contribution in [0.3, 0.4) is 0 Å². The molecule has 0 radical (unpaired) electrons. The van der Waals surface area contributed by atoms with Gasteiger partial charge < -0.3 is 10.6 Å². The van der Waals surface area contributed by atoms with Crippen molar-refractivity contribution in [2.45, 2.75) is 57.0 Å². The fraction of sp³-hybridized carbons (Fsp3) is 0.933. The Kier molecular flexibility index (Phi) is 6.50. The molecule has 5 heteroatoms. The SMILES string of the molecule is Cl.O=C(CC1CSCCN1)NC1CC1C1CCCCC1. The number of carbonyl (C=O) groups is 1. The largest absolute Gasteiger partial charge is 0.353 e. The summed E-state index contributed by atoms with van der Waals surface area (Å²) in [7, 11) is 0. The monoisotopic (exact) mass is 318 g/mol. The van der Waals surface area contributed by atoms with Gasteiger partial charge in [-0.25, -0.2) is 0 Å². The molecule has 1 heterocycles. The molecule has 0 bridgehead atoms. The molecule has 0 aromatic rings. The first kappa shape index (κ1) is 16.4. The normalized spacial score (nSPS) is 34.1. The van der Waals surface area contributed by atoms with E-state index in [2.05, 4.69) is 10.6 Å². The third-order valence-corrected chi connectivity index (χ3v) is 6.00. The van der Waals surface area contributed by atoms with E-state index in [1.54, 1.807) is 0 Å².